The number of ether oxygens (including phenoxy) is 1. The van der Waals surface area contributed by atoms with E-state index in [2.05, 4.69) is 23.2 Å². The minimum Gasteiger partial charge on any atom is -0.489 e. The summed E-state index contributed by atoms with van der Waals surface area (Å²) in [4.78, 5) is 4.65. The summed E-state index contributed by atoms with van der Waals surface area (Å²) in [7, 11) is 0. The highest BCUT2D eigenvalue weighted by atomic mass is 16.5. The minimum absolute atomic E-state index is 0.565. The van der Waals surface area contributed by atoms with Crippen molar-refractivity contribution >= 4 is 5.65 Å². The van der Waals surface area contributed by atoms with E-state index < -0.39 is 0 Å². The Hall–Kier alpha value is -3.07. The number of nitrogens with zero attached hydrogens (tertiary/aromatic N) is 2. The Bertz CT molecular complexity index is 895. The van der Waals surface area contributed by atoms with Gasteiger partial charge in [0.15, 0.2) is 0 Å². The van der Waals surface area contributed by atoms with Crippen molar-refractivity contribution in [2.75, 3.05) is 0 Å². The largest absolute Gasteiger partial charge is 0.489 e. The summed E-state index contributed by atoms with van der Waals surface area (Å²) in [5.74, 6) is 0.850. The number of pyridine rings is 1. The Morgan fingerprint density at radius 1 is 0.870 bits per heavy atom. The predicted octanol–water partition coefficient (Wildman–Crippen LogP) is 4.58. The topological polar surface area (TPSA) is 26.5 Å². The molecule has 0 aliphatic heterocycles. The molecule has 0 saturated heterocycles. The maximum Gasteiger partial charge on any atom is 0.137 e. The molecular formula is C20H16N2O. The van der Waals surface area contributed by atoms with Gasteiger partial charge in [0.25, 0.3) is 0 Å². The summed E-state index contributed by atoms with van der Waals surface area (Å²) in [6.07, 6.45) is 4.03. The van der Waals surface area contributed by atoms with E-state index in [1.165, 1.54) is 0 Å². The zero-order valence-electron chi connectivity index (χ0n) is 12.6. The van der Waals surface area contributed by atoms with Crippen LogP contribution < -0.4 is 4.74 Å². The van der Waals surface area contributed by atoms with E-state index >= 15 is 0 Å². The average molecular weight is 300 g/mol. The van der Waals surface area contributed by atoms with Gasteiger partial charge in [0.2, 0.25) is 0 Å². The Labute approximate surface area is 134 Å². The van der Waals surface area contributed by atoms with Gasteiger partial charge in [-0.2, -0.15) is 0 Å². The van der Waals surface area contributed by atoms with Crippen LogP contribution in [0, 0.1) is 0 Å². The molecule has 112 valence electrons. The number of hydrogen-bond donors (Lipinski definition) is 0. The lowest BCUT2D eigenvalue weighted by molar-refractivity contribution is 0.306. The van der Waals surface area contributed by atoms with Crippen molar-refractivity contribution in [3.63, 3.8) is 0 Å². The molecule has 3 nitrogen and oxygen atoms in total. The van der Waals surface area contributed by atoms with Crippen LogP contribution in [0.3, 0.4) is 0 Å². The number of aromatic nitrogens is 2. The zero-order chi connectivity index (χ0) is 15.5. The maximum atomic E-state index is 5.89. The minimum atomic E-state index is 0.565. The van der Waals surface area contributed by atoms with Gasteiger partial charge in [-0.15, -0.1) is 0 Å². The van der Waals surface area contributed by atoms with E-state index in [0.717, 1.165) is 28.2 Å². The van der Waals surface area contributed by atoms with Crippen LogP contribution in [0.25, 0.3) is 16.9 Å². The van der Waals surface area contributed by atoms with E-state index in [1.807, 2.05) is 71.4 Å². The summed E-state index contributed by atoms with van der Waals surface area (Å²) in [6, 6.07) is 24.2. The van der Waals surface area contributed by atoms with Gasteiger partial charge >= 0.3 is 0 Å². The first-order valence-electron chi connectivity index (χ1n) is 7.59. The van der Waals surface area contributed by atoms with Gasteiger partial charge in [-0.3, -0.25) is 0 Å². The molecule has 4 rings (SSSR count). The predicted molar refractivity (Wildman–Crippen MR) is 91.4 cm³/mol. The lowest BCUT2D eigenvalue weighted by atomic mass is 10.1. The molecule has 0 spiro atoms. The van der Waals surface area contributed by atoms with Gasteiger partial charge in [0.05, 0.1) is 5.69 Å². The molecule has 0 atom stereocenters. The lowest BCUT2D eigenvalue weighted by Crippen LogP contribution is -1.95. The van der Waals surface area contributed by atoms with Crippen molar-refractivity contribution < 1.29 is 4.74 Å². The molecule has 0 unspecified atom stereocenters. The summed E-state index contributed by atoms with van der Waals surface area (Å²) in [5.41, 5.74) is 4.10. The average Bonchev–Trinajstić information content (AvgIpc) is 3.05. The van der Waals surface area contributed by atoms with Crippen molar-refractivity contribution in [2.45, 2.75) is 6.61 Å². The van der Waals surface area contributed by atoms with E-state index in [-0.39, 0.29) is 0 Å². The third-order valence-corrected chi connectivity index (χ3v) is 3.74. The molecular weight excluding hydrogens is 284 g/mol. The van der Waals surface area contributed by atoms with Crippen molar-refractivity contribution in [3.05, 3.63) is 90.8 Å². The Morgan fingerprint density at radius 3 is 2.61 bits per heavy atom. The van der Waals surface area contributed by atoms with Crippen molar-refractivity contribution in [1.82, 2.24) is 9.38 Å². The first-order chi connectivity index (χ1) is 11.4. The number of hydrogen-bond acceptors (Lipinski definition) is 2. The normalized spacial score (nSPS) is 10.8. The number of imidazole rings is 1. The summed E-state index contributed by atoms with van der Waals surface area (Å²) in [5, 5.41) is 0. The van der Waals surface area contributed by atoms with E-state index in [4.69, 9.17) is 4.74 Å². The standard InChI is InChI=1S/C20H16N2O/c1-2-7-16(8-3-1)15-23-18-10-6-9-17(13-18)19-14-22-12-5-4-11-20(22)21-19/h1-14H,15H2. The highest BCUT2D eigenvalue weighted by molar-refractivity contribution is 5.64. The van der Waals surface area contributed by atoms with Crippen LogP contribution in [0.2, 0.25) is 0 Å². The number of fused-ring (bicyclic) bond motifs is 1. The summed E-state index contributed by atoms with van der Waals surface area (Å²) < 4.78 is 7.91. The second kappa shape index (κ2) is 5.97. The fourth-order valence-corrected chi connectivity index (χ4v) is 2.56. The van der Waals surface area contributed by atoms with Crippen LogP contribution in [0.15, 0.2) is 85.2 Å². The highest BCUT2D eigenvalue weighted by Gasteiger charge is 2.05. The molecule has 0 fully saturated rings. The van der Waals surface area contributed by atoms with E-state index in [0.29, 0.717) is 6.61 Å². The molecule has 2 heterocycles. The van der Waals surface area contributed by atoms with Crippen molar-refractivity contribution in [2.24, 2.45) is 0 Å². The molecule has 0 aliphatic carbocycles. The second-order valence-corrected chi connectivity index (χ2v) is 5.39. The summed E-state index contributed by atoms with van der Waals surface area (Å²) in [6.45, 7) is 0.565. The van der Waals surface area contributed by atoms with E-state index in [9.17, 15) is 0 Å². The van der Waals surface area contributed by atoms with Crippen LogP contribution in [-0.4, -0.2) is 9.38 Å². The van der Waals surface area contributed by atoms with Crippen molar-refractivity contribution in [1.29, 1.82) is 0 Å². The molecule has 23 heavy (non-hydrogen) atoms. The molecule has 3 heteroatoms. The molecule has 2 aromatic heterocycles. The monoisotopic (exact) mass is 300 g/mol. The SMILES string of the molecule is c1ccc(COc2cccc(-c3cn4ccccc4n3)c2)cc1. The zero-order valence-corrected chi connectivity index (χ0v) is 12.6. The second-order valence-electron chi connectivity index (χ2n) is 5.39. The fraction of sp³-hybridized carbons (Fsp3) is 0.0500. The Morgan fingerprint density at radius 2 is 1.74 bits per heavy atom. The van der Waals surface area contributed by atoms with Crippen LogP contribution in [0.4, 0.5) is 0 Å². The first kappa shape index (κ1) is 13.6. The molecule has 0 N–H and O–H groups in total. The van der Waals surface area contributed by atoms with Gasteiger partial charge in [0, 0.05) is 18.0 Å². The first-order valence-corrected chi connectivity index (χ1v) is 7.59. The van der Waals surface area contributed by atoms with Gasteiger partial charge in [-0.1, -0.05) is 48.5 Å². The third-order valence-electron chi connectivity index (χ3n) is 3.74. The quantitative estimate of drug-likeness (QED) is 0.551. The third kappa shape index (κ3) is 2.94. The maximum absolute atomic E-state index is 5.89. The molecule has 0 amide bonds. The summed E-state index contributed by atoms with van der Waals surface area (Å²) >= 11 is 0. The molecule has 0 aliphatic rings. The molecule has 4 aromatic rings. The van der Waals surface area contributed by atoms with Crippen LogP contribution in [0.5, 0.6) is 5.75 Å². The van der Waals surface area contributed by atoms with Crippen LogP contribution >= 0.6 is 0 Å². The molecule has 0 saturated carbocycles. The molecule has 0 bridgehead atoms. The number of benzene rings is 2. The Balaban J connectivity index is 1.58. The van der Waals surface area contributed by atoms with Crippen molar-refractivity contribution in [3.8, 4) is 17.0 Å². The fourth-order valence-electron chi connectivity index (χ4n) is 2.56. The van der Waals surface area contributed by atoms with E-state index in [1.54, 1.807) is 0 Å². The van der Waals surface area contributed by atoms with Crippen LogP contribution in [-0.2, 0) is 6.61 Å². The van der Waals surface area contributed by atoms with Gasteiger partial charge in [-0.05, 0) is 29.8 Å². The van der Waals surface area contributed by atoms with Gasteiger partial charge in [-0.25, -0.2) is 4.98 Å². The van der Waals surface area contributed by atoms with Gasteiger partial charge < -0.3 is 9.14 Å². The smallest absolute Gasteiger partial charge is 0.137 e. The van der Waals surface area contributed by atoms with Crippen LogP contribution in [0.1, 0.15) is 5.56 Å². The van der Waals surface area contributed by atoms with Gasteiger partial charge in [0.1, 0.15) is 18.0 Å². The highest BCUT2D eigenvalue weighted by Crippen LogP contribution is 2.24. The molecule has 0 radical (unpaired) electrons. The lowest BCUT2D eigenvalue weighted by Gasteiger charge is -2.07. The Kier molecular flexibility index (Phi) is 3.53. The number of rotatable bonds is 4. The molecule has 2 aromatic carbocycles.